The Hall–Kier alpha value is -1.74. The molecule has 0 heterocycles. The van der Waals surface area contributed by atoms with E-state index in [1.165, 1.54) is 12.1 Å². The number of ether oxygens (including phenoxy) is 2. The van der Waals surface area contributed by atoms with Crippen molar-refractivity contribution >= 4 is 11.6 Å². The molecule has 2 aromatic rings. The Labute approximate surface area is 148 Å². The second kappa shape index (κ2) is 8.39. The van der Waals surface area contributed by atoms with Gasteiger partial charge in [0.25, 0.3) is 0 Å². The third-order valence-corrected chi connectivity index (χ3v) is 4.13. The van der Waals surface area contributed by atoms with Gasteiger partial charge in [-0.3, -0.25) is 0 Å². The number of rotatable bonds is 7. The van der Waals surface area contributed by atoms with Crippen LogP contribution in [0.2, 0.25) is 0 Å². The van der Waals surface area contributed by atoms with Gasteiger partial charge in [-0.1, -0.05) is 26.0 Å². The zero-order valence-corrected chi connectivity index (χ0v) is 15.4. The molecule has 2 nitrogen and oxygen atoms in total. The monoisotopic (exact) mass is 350 g/mol. The molecule has 2 aromatic carbocycles. The van der Waals surface area contributed by atoms with E-state index in [1.54, 1.807) is 12.1 Å². The summed E-state index contributed by atoms with van der Waals surface area (Å²) in [5, 5.41) is 0. The SMILES string of the molecule is CCOc1cc(C(C)C)c(CCl)c(-c2ccc(F)cc2)c1OCC. The van der Waals surface area contributed by atoms with Crippen LogP contribution in [0.15, 0.2) is 30.3 Å². The normalized spacial score (nSPS) is 11.0. The van der Waals surface area contributed by atoms with Gasteiger partial charge in [0, 0.05) is 11.4 Å². The van der Waals surface area contributed by atoms with Crippen molar-refractivity contribution in [2.75, 3.05) is 13.2 Å². The van der Waals surface area contributed by atoms with Crippen molar-refractivity contribution in [3.8, 4) is 22.6 Å². The Morgan fingerprint density at radius 1 is 1.04 bits per heavy atom. The van der Waals surface area contributed by atoms with Gasteiger partial charge in [0.2, 0.25) is 0 Å². The summed E-state index contributed by atoms with van der Waals surface area (Å²) in [6, 6.07) is 8.42. The van der Waals surface area contributed by atoms with Crippen LogP contribution in [0.3, 0.4) is 0 Å². The molecule has 0 aliphatic rings. The van der Waals surface area contributed by atoms with Crippen LogP contribution in [0.4, 0.5) is 4.39 Å². The molecule has 0 aromatic heterocycles. The van der Waals surface area contributed by atoms with Crippen LogP contribution in [0, 0.1) is 5.82 Å². The van der Waals surface area contributed by atoms with Crippen molar-refractivity contribution in [1.82, 2.24) is 0 Å². The van der Waals surface area contributed by atoms with E-state index in [-0.39, 0.29) is 11.7 Å². The van der Waals surface area contributed by atoms with Crippen LogP contribution < -0.4 is 9.47 Å². The Bertz CT molecular complexity index is 681. The number of hydrogen-bond acceptors (Lipinski definition) is 2. The molecule has 24 heavy (non-hydrogen) atoms. The van der Waals surface area contributed by atoms with Gasteiger partial charge < -0.3 is 9.47 Å². The molecule has 0 saturated heterocycles. The quantitative estimate of drug-likeness (QED) is 0.557. The zero-order valence-electron chi connectivity index (χ0n) is 14.7. The smallest absolute Gasteiger partial charge is 0.169 e. The molecule has 0 saturated carbocycles. The van der Waals surface area contributed by atoms with E-state index in [2.05, 4.69) is 13.8 Å². The van der Waals surface area contributed by atoms with Gasteiger partial charge in [-0.2, -0.15) is 0 Å². The number of halogens is 2. The summed E-state index contributed by atoms with van der Waals surface area (Å²) in [4.78, 5) is 0. The first-order valence-corrected chi connectivity index (χ1v) is 8.84. The highest BCUT2D eigenvalue weighted by molar-refractivity contribution is 6.17. The van der Waals surface area contributed by atoms with Gasteiger partial charge in [0.05, 0.1) is 13.2 Å². The van der Waals surface area contributed by atoms with Crippen molar-refractivity contribution in [2.24, 2.45) is 0 Å². The minimum absolute atomic E-state index is 0.269. The lowest BCUT2D eigenvalue weighted by Gasteiger charge is -2.23. The number of benzene rings is 2. The largest absolute Gasteiger partial charge is 0.490 e. The Balaban J connectivity index is 2.81. The molecule has 0 spiro atoms. The summed E-state index contributed by atoms with van der Waals surface area (Å²) >= 11 is 6.29. The number of alkyl halides is 1. The lowest BCUT2D eigenvalue weighted by Crippen LogP contribution is -2.06. The summed E-state index contributed by atoms with van der Waals surface area (Å²) in [6.07, 6.45) is 0. The first kappa shape index (κ1) is 18.6. The summed E-state index contributed by atoms with van der Waals surface area (Å²) < 4.78 is 25.1. The molecule has 2 rings (SSSR count). The molecular formula is C20H24ClFO2. The first-order chi connectivity index (χ1) is 11.5. The van der Waals surface area contributed by atoms with Crippen LogP contribution in [0.25, 0.3) is 11.1 Å². The van der Waals surface area contributed by atoms with Gasteiger partial charge in [0.15, 0.2) is 11.5 Å². The predicted molar refractivity (Wildman–Crippen MR) is 97.8 cm³/mol. The maximum atomic E-state index is 13.4. The predicted octanol–water partition coefficient (Wildman–Crippen LogP) is 6.15. The second-order valence-electron chi connectivity index (χ2n) is 5.81. The fourth-order valence-corrected chi connectivity index (χ4v) is 3.12. The molecule has 0 bridgehead atoms. The van der Waals surface area contributed by atoms with Crippen molar-refractivity contribution < 1.29 is 13.9 Å². The molecule has 0 aliphatic carbocycles. The zero-order chi connectivity index (χ0) is 17.7. The Morgan fingerprint density at radius 2 is 1.67 bits per heavy atom. The molecule has 0 amide bonds. The van der Waals surface area contributed by atoms with Crippen molar-refractivity contribution in [3.05, 3.63) is 47.3 Å². The van der Waals surface area contributed by atoms with Crippen LogP contribution in [0.1, 0.15) is 44.7 Å². The molecule has 0 aliphatic heterocycles. The first-order valence-electron chi connectivity index (χ1n) is 8.30. The molecule has 0 fully saturated rings. The van der Waals surface area contributed by atoms with Gasteiger partial charge >= 0.3 is 0 Å². The van der Waals surface area contributed by atoms with E-state index >= 15 is 0 Å². The molecular weight excluding hydrogens is 327 g/mol. The van der Waals surface area contributed by atoms with Crippen LogP contribution in [-0.4, -0.2) is 13.2 Å². The van der Waals surface area contributed by atoms with Crippen molar-refractivity contribution in [3.63, 3.8) is 0 Å². The van der Waals surface area contributed by atoms with Gasteiger partial charge in [-0.05, 0) is 54.7 Å². The van der Waals surface area contributed by atoms with Crippen LogP contribution in [0.5, 0.6) is 11.5 Å². The molecule has 130 valence electrons. The summed E-state index contributed by atoms with van der Waals surface area (Å²) in [6.45, 7) is 9.17. The fourth-order valence-electron chi connectivity index (χ4n) is 2.83. The molecule has 4 heteroatoms. The molecule has 0 unspecified atom stereocenters. The standard InChI is InChI=1S/C20H24ClFO2/c1-5-23-18-11-16(13(3)4)17(12-21)19(20(18)24-6-2)14-7-9-15(22)10-8-14/h7-11,13H,5-6,12H2,1-4H3. The second-order valence-corrected chi connectivity index (χ2v) is 6.08. The van der Waals surface area contributed by atoms with Gasteiger partial charge in [-0.25, -0.2) is 4.39 Å². The summed E-state index contributed by atoms with van der Waals surface area (Å²) in [7, 11) is 0. The third kappa shape index (κ3) is 3.84. The van der Waals surface area contributed by atoms with Gasteiger partial charge in [0.1, 0.15) is 5.82 Å². The third-order valence-electron chi connectivity index (χ3n) is 3.86. The molecule has 0 atom stereocenters. The van der Waals surface area contributed by atoms with Crippen LogP contribution >= 0.6 is 11.6 Å². The maximum Gasteiger partial charge on any atom is 0.169 e. The van der Waals surface area contributed by atoms with E-state index in [9.17, 15) is 4.39 Å². The molecule has 0 radical (unpaired) electrons. The summed E-state index contributed by atoms with van der Waals surface area (Å²) in [5.74, 6) is 1.75. The fraction of sp³-hybridized carbons (Fsp3) is 0.400. The highest BCUT2D eigenvalue weighted by Crippen LogP contribution is 2.45. The lowest BCUT2D eigenvalue weighted by molar-refractivity contribution is 0.288. The minimum atomic E-state index is -0.269. The highest BCUT2D eigenvalue weighted by atomic mass is 35.5. The average molecular weight is 351 g/mol. The summed E-state index contributed by atoms with van der Waals surface area (Å²) in [5.41, 5.74) is 3.89. The van der Waals surface area contributed by atoms with E-state index in [0.717, 1.165) is 22.3 Å². The topological polar surface area (TPSA) is 18.5 Å². The van der Waals surface area contributed by atoms with Crippen molar-refractivity contribution in [1.29, 1.82) is 0 Å². The minimum Gasteiger partial charge on any atom is -0.490 e. The van der Waals surface area contributed by atoms with Crippen LogP contribution in [-0.2, 0) is 5.88 Å². The van der Waals surface area contributed by atoms with E-state index in [4.69, 9.17) is 21.1 Å². The van der Waals surface area contributed by atoms with E-state index in [0.29, 0.717) is 30.6 Å². The Kier molecular flexibility index (Phi) is 6.50. The Morgan fingerprint density at radius 3 is 2.17 bits per heavy atom. The number of hydrogen-bond donors (Lipinski definition) is 0. The molecule has 0 N–H and O–H groups in total. The maximum absolute atomic E-state index is 13.4. The average Bonchev–Trinajstić information content (AvgIpc) is 2.56. The van der Waals surface area contributed by atoms with Crippen molar-refractivity contribution in [2.45, 2.75) is 39.5 Å². The van der Waals surface area contributed by atoms with E-state index in [1.807, 2.05) is 19.9 Å². The van der Waals surface area contributed by atoms with E-state index < -0.39 is 0 Å². The highest BCUT2D eigenvalue weighted by Gasteiger charge is 2.22. The lowest BCUT2D eigenvalue weighted by atomic mass is 9.89. The van der Waals surface area contributed by atoms with Gasteiger partial charge in [-0.15, -0.1) is 11.6 Å².